The molecule has 0 aliphatic carbocycles. The first-order valence-corrected chi connectivity index (χ1v) is 6.81. The second kappa shape index (κ2) is 6.60. The highest BCUT2D eigenvalue weighted by atomic mass is 16.5. The van der Waals surface area contributed by atoms with Crippen molar-refractivity contribution in [2.75, 3.05) is 0 Å². The maximum Gasteiger partial charge on any atom is 0.220 e. The van der Waals surface area contributed by atoms with Crippen molar-refractivity contribution in [3.8, 4) is 5.75 Å². The molecule has 0 saturated carbocycles. The first-order chi connectivity index (χ1) is 8.76. The van der Waals surface area contributed by atoms with Gasteiger partial charge in [0.15, 0.2) is 0 Å². The van der Waals surface area contributed by atoms with Crippen molar-refractivity contribution in [3.63, 3.8) is 0 Å². The zero-order valence-corrected chi connectivity index (χ0v) is 12.6. The normalized spacial score (nSPS) is 11.5. The van der Waals surface area contributed by atoms with E-state index in [2.05, 4.69) is 5.32 Å². The van der Waals surface area contributed by atoms with Crippen LogP contribution in [0.3, 0.4) is 0 Å². The summed E-state index contributed by atoms with van der Waals surface area (Å²) >= 11 is 0. The fourth-order valence-corrected chi connectivity index (χ4v) is 1.67. The Kier molecular flexibility index (Phi) is 5.40. The molecule has 0 spiro atoms. The van der Waals surface area contributed by atoms with E-state index in [-0.39, 0.29) is 11.5 Å². The molecule has 0 unspecified atom stereocenters. The highest BCUT2D eigenvalue weighted by Gasteiger charge is 2.11. The van der Waals surface area contributed by atoms with E-state index in [1.54, 1.807) is 0 Å². The molecule has 19 heavy (non-hydrogen) atoms. The summed E-state index contributed by atoms with van der Waals surface area (Å²) < 4.78 is 5.75. The van der Waals surface area contributed by atoms with E-state index in [4.69, 9.17) is 4.74 Å². The van der Waals surface area contributed by atoms with Gasteiger partial charge in [0.05, 0.1) is 0 Å². The van der Waals surface area contributed by atoms with E-state index in [9.17, 15) is 4.79 Å². The zero-order chi connectivity index (χ0) is 14.5. The molecule has 1 aromatic carbocycles. The molecule has 0 aliphatic heterocycles. The van der Waals surface area contributed by atoms with Crippen molar-refractivity contribution in [2.45, 2.75) is 53.2 Å². The second-order valence-corrected chi connectivity index (χ2v) is 6.23. The average molecular weight is 263 g/mol. The Bertz CT molecular complexity index is 402. The lowest BCUT2D eigenvalue weighted by molar-refractivity contribution is -0.121. The molecule has 0 bridgehead atoms. The molecular weight excluding hydrogens is 238 g/mol. The van der Waals surface area contributed by atoms with Gasteiger partial charge in [-0.1, -0.05) is 26.0 Å². The van der Waals surface area contributed by atoms with Gasteiger partial charge in [0.25, 0.3) is 0 Å². The third-order valence-corrected chi connectivity index (χ3v) is 2.43. The predicted molar refractivity (Wildman–Crippen MR) is 78.1 cm³/mol. The quantitative estimate of drug-likeness (QED) is 0.882. The molecular formula is C16H25NO2. The van der Waals surface area contributed by atoms with Gasteiger partial charge in [0.1, 0.15) is 11.4 Å². The average Bonchev–Trinajstić information content (AvgIpc) is 2.25. The van der Waals surface area contributed by atoms with E-state index >= 15 is 0 Å². The van der Waals surface area contributed by atoms with Gasteiger partial charge in [-0.3, -0.25) is 4.79 Å². The van der Waals surface area contributed by atoms with Crippen LogP contribution in [-0.4, -0.2) is 11.5 Å². The predicted octanol–water partition coefficient (Wildman–Crippen LogP) is 3.53. The standard InChI is InChI=1S/C16H25NO2/c1-12(2)10-15(18)17-11-13-6-8-14(9-7-13)19-16(3,4)5/h6-9,12H,10-11H2,1-5H3,(H,17,18). The third-order valence-electron chi connectivity index (χ3n) is 2.43. The van der Waals surface area contributed by atoms with Crippen LogP contribution in [-0.2, 0) is 11.3 Å². The Labute approximate surface area is 116 Å². The lowest BCUT2D eigenvalue weighted by Gasteiger charge is -2.21. The molecule has 3 heteroatoms. The van der Waals surface area contributed by atoms with E-state index in [1.165, 1.54) is 0 Å². The minimum Gasteiger partial charge on any atom is -0.488 e. The number of benzene rings is 1. The van der Waals surface area contributed by atoms with E-state index < -0.39 is 0 Å². The third kappa shape index (κ3) is 6.85. The highest BCUT2D eigenvalue weighted by Crippen LogP contribution is 2.18. The minimum atomic E-state index is -0.188. The number of carbonyl (C=O) groups excluding carboxylic acids is 1. The van der Waals surface area contributed by atoms with Crippen LogP contribution in [0.15, 0.2) is 24.3 Å². The van der Waals surface area contributed by atoms with Gasteiger partial charge in [-0.25, -0.2) is 0 Å². The van der Waals surface area contributed by atoms with Gasteiger partial charge < -0.3 is 10.1 Å². The van der Waals surface area contributed by atoms with E-state index in [0.717, 1.165) is 11.3 Å². The molecule has 0 atom stereocenters. The van der Waals surface area contributed by atoms with Gasteiger partial charge in [-0.2, -0.15) is 0 Å². The second-order valence-electron chi connectivity index (χ2n) is 6.23. The van der Waals surface area contributed by atoms with Crippen LogP contribution in [0, 0.1) is 5.92 Å². The number of nitrogens with one attached hydrogen (secondary N) is 1. The van der Waals surface area contributed by atoms with Crippen molar-refractivity contribution in [2.24, 2.45) is 5.92 Å². The lowest BCUT2D eigenvalue weighted by Crippen LogP contribution is -2.24. The molecule has 3 nitrogen and oxygen atoms in total. The SMILES string of the molecule is CC(C)CC(=O)NCc1ccc(OC(C)(C)C)cc1. The molecule has 1 N–H and O–H groups in total. The number of amides is 1. The van der Waals surface area contributed by atoms with Crippen molar-refractivity contribution in [1.82, 2.24) is 5.32 Å². The first kappa shape index (κ1) is 15.5. The molecule has 106 valence electrons. The molecule has 0 saturated heterocycles. The van der Waals surface area contributed by atoms with Gasteiger partial charge in [-0.05, 0) is 44.4 Å². The number of hydrogen-bond donors (Lipinski definition) is 1. The topological polar surface area (TPSA) is 38.3 Å². The number of ether oxygens (including phenoxy) is 1. The minimum absolute atomic E-state index is 0.102. The molecule has 0 aromatic heterocycles. The van der Waals surface area contributed by atoms with Crippen molar-refractivity contribution >= 4 is 5.91 Å². The Balaban J connectivity index is 2.46. The summed E-state index contributed by atoms with van der Waals surface area (Å²) in [6.45, 7) is 10.7. The Morgan fingerprint density at radius 3 is 2.26 bits per heavy atom. The Morgan fingerprint density at radius 2 is 1.79 bits per heavy atom. The Morgan fingerprint density at radius 1 is 1.21 bits per heavy atom. The maximum atomic E-state index is 11.5. The smallest absolute Gasteiger partial charge is 0.220 e. The zero-order valence-electron chi connectivity index (χ0n) is 12.6. The molecule has 1 amide bonds. The van der Waals surface area contributed by atoms with Crippen molar-refractivity contribution < 1.29 is 9.53 Å². The fourth-order valence-electron chi connectivity index (χ4n) is 1.67. The van der Waals surface area contributed by atoms with Crippen LogP contribution in [0.5, 0.6) is 5.75 Å². The summed E-state index contributed by atoms with van der Waals surface area (Å²) in [6, 6.07) is 7.85. The molecule has 1 rings (SSSR count). The Hall–Kier alpha value is -1.51. The summed E-state index contributed by atoms with van der Waals surface area (Å²) in [4.78, 5) is 11.5. The summed E-state index contributed by atoms with van der Waals surface area (Å²) in [5, 5.41) is 2.92. The summed E-state index contributed by atoms with van der Waals surface area (Å²) in [6.07, 6.45) is 0.575. The lowest BCUT2D eigenvalue weighted by atomic mass is 10.1. The van der Waals surface area contributed by atoms with Crippen LogP contribution < -0.4 is 10.1 Å². The highest BCUT2D eigenvalue weighted by molar-refractivity contribution is 5.76. The largest absolute Gasteiger partial charge is 0.488 e. The summed E-state index contributed by atoms with van der Waals surface area (Å²) in [5.74, 6) is 1.34. The van der Waals surface area contributed by atoms with Gasteiger partial charge in [0, 0.05) is 13.0 Å². The van der Waals surface area contributed by atoms with E-state index in [1.807, 2.05) is 58.9 Å². The number of carbonyl (C=O) groups is 1. The number of rotatable bonds is 5. The summed E-state index contributed by atoms with van der Waals surface area (Å²) in [5.41, 5.74) is 0.894. The van der Waals surface area contributed by atoms with Crippen LogP contribution in [0.2, 0.25) is 0 Å². The van der Waals surface area contributed by atoms with Gasteiger partial charge in [-0.15, -0.1) is 0 Å². The maximum absolute atomic E-state index is 11.5. The molecule has 0 aliphatic rings. The van der Waals surface area contributed by atoms with Crippen LogP contribution in [0.4, 0.5) is 0 Å². The number of hydrogen-bond acceptors (Lipinski definition) is 2. The van der Waals surface area contributed by atoms with Crippen LogP contribution in [0.25, 0.3) is 0 Å². The fraction of sp³-hybridized carbons (Fsp3) is 0.562. The molecule has 0 fully saturated rings. The molecule has 1 aromatic rings. The van der Waals surface area contributed by atoms with Crippen LogP contribution in [0.1, 0.15) is 46.6 Å². The van der Waals surface area contributed by atoms with Crippen molar-refractivity contribution in [3.05, 3.63) is 29.8 Å². The van der Waals surface area contributed by atoms with Gasteiger partial charge >= 0.3 is 0 Å². The van der Waals surface area contributed by atoms with Gasteiger partial charge in [0.2, 0.25) is 5.91 Å². The molecule has 0 radical (unpaired) electrons. The molecule has 0 heterocycles. The van der Waals surface area contributed by atoms with E-state index in [0.29, 0.717) is 18.9 Å². The summed E-state index contributed by atoms with van der Waals surface area (Å²) in [7, 11) is 0. The van der Waals surface area contributed by atoms with Crippen LogP contribution >= 0.6 is 0 Å². The van der Waals surface area contributed by atoms with Crippen molar-refractivity contribution in [1.29, 1.82) is 0 Å². The first-order valence-electron chi connectivity index (χ1n) is 6.81. The monoisotopic (exact) mass is 263 g/mol.